The molecule has 2 aromatic rings. The molecule has 2 N–H and O–H groups in total. The standard InChI is InChI=1S/C12H10BrN3O2/c1-7-4-10(15-6-9(7)13)16-12(18)8-2-3-14-11(17)5-8/h2-6H,1H3,(H,14,17)(H,15,16,18). The van der Waals surface area contributed by atoms with E-state index in [4.69, 9.17) is 0 Å². The van der Waals surface area contributed by atoms with Gasteiger partial charge in [-0.2, -0.15) is 0 Å². The molecule has 0 aromatic carbocycles. The van der Waals surface area contributed by atoms with E-state index in [-0.39, 0.29) is 11.5 Å². The molecule has 6 heteroatoms. The lowest BCUT2D eigenvalue weighted by atomic mass is 10.2. The van der Waals surface area contributed by atoms with Crippen molar-refractivity contribution in [3.8, 4) is 0 Å². The van der Waals surface area contributed by atoms with Crippen molar-refractivity contribution in [1.82, 2.24) is 9.97 Å². The Labute approximate surface area is 111 Å². The summed E-state index contributed by atoms with van der Waals surface area (Å²) in [6, 6.07) is 4.51. The topological polar surface area (TPSA) is 74.8 Å². The Morgan fingerprint density at radius 1 is 1.44 bits per heavy atom. The first-order valence-corrected chi connectivity index (χ1v) is 5.98. The van der Waals surface area contributed by atoms with Crippen LogP contribution in [0.15, 0.2) is 39.9 Å². The second-order valence-corrected chi connectivity index (χ2v) is 4.57. The molecule has 1 amide bonds. The number of anilines is 1. The lowest BCUT2D eigenvalue weighted by Gasteiger charge is -2.05. The van der Waals surface area contributed by atoms with E-state index in [1.807, 2.05) is 6.92 Å². The molecule has 0 bridgehead atoms. The monoisotopic (exact) mass is 307 g/mol. The first-order chi connectivity index (χ1) is 8.56. The van der Waals surface area contributed by atoms with Gasteiger partial charge in [-0.25, -0.2) is 4.98 Å². The van der Waals surface area contributed by atoms with Crippen LogP contribution in [0.3, 0.4) is 0 Å². The lowest BCUT2D eigenvalue weighted by molar-refractivity contribution is 0.102. The Kier molecular flexibility index (Phi) is 3.57. The molecular weight excluding hydrogens is 298 g/mol. The fraction of sp³-hybridized carbons (Fsp3) is 0.0833. The number of carbonyl (C=O) groups excluding carboxylic acids is 1. The zero-order valence-corrected chi connectivity index (χ0v) is 11.1. The highest BCUT2D eigenvalue weighted by Gasteiger charge is 2.07. The van der Waals surface area contributed by atoms with E-state index >= 15 is 0 Å². The highest BCUT2D eigenvalue weighted by atomic mass is 79.9. The number of halogens is 1. The van der Waals surface area contributed by atoms with Crippen molar-refractivity contribution in [2.45, 2.75) is 6.92 Å². The maximum atomic E-state index is 11.8. The van der Waals surface area contributed by atoms with Gasteiger partial charge in [0.15, 0.2) is 0 Å². The molecule has 92 valence electrons. The zero-order chi connectivity index (χ0) is 13.1. The first kappa shape index (κ1) is 12.5. The maximum absolute atomic E-state index is 11.8. The molecule has 2 aromatic heterocycles. The van der Waals surface area contributed by atoms with E-state index in [9.17, 15) is 9.59 Å². The van der Waals surface area contributed by atoms with Crippen LogP contribution < -0.4 is 10.9 Å². The van der Waals surface area contributed by atoms with Gasteiger partial charge >= 0.3 is 0 Å². The highest BCUT2D eigenvalue weighted by Crippen LogP contribution is 2.17. The van der Waals surface area contributed by atoms with Crippen molar-refractivity contribution >= 4 is 27.7 Å². The Bertz CT molecular complexity index is 652. The van der Waals surface area contributed by atoms with E-state index in [1.165, 1.54) is 18.3 Å². The third-order valence-corrected chi connectivity index (χ3v) is 3.16. The lowest BCUT2D eigenvalue weighted by Crippen LogP contribution is -2.16. The molecule has 0 aliphatic heterocycles. The summed E-state index contributed by atoms with van der Waals surface area (Å²) in [4.78, 5) is 29.4. The van der Waals surface area contributed by atoms with Crippen LogP contribution in [0.25, 0.3) is 0 Å². The van der Waals surface area contributed by atoms with Gasteiger partial charge in [-0.1, -0.05) is 0 Å². The van der Waals surface area contributed by atoms with Gasteiger partial charge in [0.25, 0.3) is 5.91 Å². The minimum absolute atomic E-state index is 0.293. The van der Waals surface area contributed by atoms with Crippen LogP contribution in [0, 0.1) is 6.92 Å². The number of hydrogen-bond acceptors (Lipinski definition) is 3. The van der Waals surface area contributed by atoms with E-state index in [0.717, 1.165) is 10.0 Å². The molecule has 0 aliphatic carbocycles. The van der Waals surface area contributed by atoms with Crippen LogP contribution in [-0.4, -0.2) is 15.9 Å². The van der Waals surface area contributed by atoms with Gasteiger partial charge in [-0.3, -0.25) is 9.59 Å². The van der Waals surface area contributed by atoms with Gasteiger partial charge in [0, 0.05) is 28.5 Å². The number of aromatic nitrogens is 2. The van der Waals surface area contributed by atoms with E-state index in [0.29, 0.717) is 11.4 Å². The number of carbonyl (C=O) groups is 1. The number of aromatic amines is 1. The molecule has 5 nitrogen and oxygen atoms in total. The van der Waals surface area contributed by atoms with Crippen molar-refractivity contribution in [3.05, 3.63) is 56.5 Å². The minimum atomic E-state index is -0.365. The smallest absolute Gasteiger partial charge is 0.257 e. The molecule has 2 heterocycles. The van der Waals surface area contributed by atoms with Gasteiger partial charge in [-0.15, -0.1) is 0 Å². The fourth-order valence-corrected chi connectivity index (χ4v) is 1.60. The average Bonchev–Trinajstić information content (AvgIpc) is 2.34. The Balaban J connectivity index is 2.21. The molecular formula is C12H10BrN3O2. The largest absolute Gasteiger partial charge is 0.329 e. The van der Waals surface area contributed by atoms with E-state index in [2.05, 4.69) is 31.2 Å². The predicted octanol–water partition coefficient (Wildman–Crippen LogP) is 2.09. The molecule has 0 unspecified atom stereocenters. The molecule has 0 spiro atoms. The molecule has 0 radical (unpaired) electrons. The van der Waals surface area contributed by atoms with Gasteiger partial charge in [-0.05, 0) is 40.5 Å². The molecule has 0 saturated heterocycles. The predicted molar refractivity (Wildman–Crippen MR) is 71.7 cm³/mol. The second-order valence-electron chi connectivity index (χ2n) is 3.71. The summed E-state index contributed by atoms with van der Waals surface area (Å²) in [7, 11) is 0. The Morgan fingerprint density at radius 2 is 2.22 bits per heavy atom. The molecule has 0 atom stereocenters. The van der Waals surface area contributed by atoms with Crippen LogP contribution in [0.2, 0.25) is 0 Å². The third-order valence-electron chi connectivity index (χ3n) is 2.33. The average molecular weight is 308 g/mol. The maximum Gasteiger partial charge on any atom is 0.257 e. The number of rotatable bonds is 2. The summed E-state index contributed by atoms with van der Waals surface area (Å²) >= 11 is 3.33. The van der Waals surface area contributed by atoms with Crippen LogP contribution >= 0.6 is 15.9 Å². The fourth-order valence-electron chi connectivity index (χ4n) is 1.38. The minimum Gasteiger partial charge on any atom is -0.329 e. The molecule has 0 saturated carbocycles. The zero-order valence-electron chi connectivity index (χ0n) is 9.53. The van der Waals surface area contributed by atoms with Crippen molar-refractivity contribution in [3.63, 3.8) is 0 Å². The summed E-state index contributed by atoms with van der Waals surface area (Å²) < 4.78 is 0.872. The van der Waals surface area contributed by atoms with Crippen LogP contribution in [-0.2, 0) is 0 Å². The number of hydrogen-bond donors (Lipinski definition) is 2. The Morgan fingerprint density at radius 3 is 2.89 bits per heavy atom. The van der Waals surface area contributed by atoms with Crippen LogP contribution in [0.5, 0.6) is 0 Å². The first-order valence-electron chi connectivity index (χ1n) is 5.18. The second kappa shape index (κ2) is 5.14. The Hall–Kier alpha value is -1.95. The van der Waals surface area contributed by atoms with Gasteiger partial charge in [0.2, 0.25) is 5.56 Å². The summed E-state index contributed by atoms with van der Waals surface area (Å²) in [6.45, 7) is 1.90. The number of pyridine rings is 2. The summed E-state index contributed by atoms with van der Waals surface area (Å²) in [5.74, 6) is 0.0799. The molecule has 0 fully saturated rings. The number of aryl methyl sites for hydroxylation is 1. The number of H-pyrrole nitrogens is 1. The normalized spacial score (nSPS) is 10.1. The van der Waals surface area contributed by atoms with Gasteiger partial charge in [0.1, 0.15) is 5.82 Å². The summed E-state index contributed by atoms with van der Waals surface area (Å²) in [5.41, 5.74) is 0.940. The van der Waals surface area contributed by atoms with E-state index < -0.39 is 0 Å². The van der Waals surface area contributed by atoms with Crippen LogP contribution in [0.4, 0.5) is 5.82 Å². The van der Waals surface area contributed by atoms with Crippen molar-refractivity contribution in [1.29, 1.82) is 0 Å². The quantitative estimate of drug-likeness (QED) is 0.892. The van der Waals surface area contributed by atoms with Crippen molar-refractivity contribution < 1.29 is 4.79 Å². The SMILES string of the molecule is Cc1cc(NC(=O)c2cc[nH]c(=O)c2)ncc1Br. The molecule has 18 heavy (non-hydrogen) atoms. The summed E-state index contributed by atoms with van der Waals surface area (Å²) in [5, 5.41) is 2.63. The third kappa shape index (κ3) is 2.84. The van der Waals surface area contributed by atoms with Crippen molar-refractivity contribution in [2.24, 2.45) is 0 Å². The van der Waals surface area contributed by atoms with E-state index in [1.54, 1.807) is 12.3 Å². The van der Waals surface area contributed by atoms with Gasteiger partial charge < -0.3 is 10.3 Å². The van der Waals surface area contributed by atoms with Crippen molar-refractivity contribution in [2.75, 3.05) is 5.32 Å². The number of amides is 1. The molecule has 2 rings (SSSR count). The highest BCUT2D eigenvalue weighted by molar-refractivity contribution is 9.10. The molecule has 0 aliphatic rings. The summed E-state index contributed by atoms with van der Waals surface area (Å²) in [6.07, 6.45) is 3.04. The van der Waals surface area contributed by atoms with Crippen LogP contribution in [0.1, 0.15) is 15.9 Å². The number of nitrogens with one attached hydrogen (secondary N) is 2. The van der Waals surface area contributed by atoms with Gasteiger partial charge in [0.05, 0.1) is 0 Å². The number of nitrogens with zero attached hydrogens (tertiary/aromatic N) is 1.